The van der Waals surface area contributed by atoms with Crippen LogP contribution in [0.2, 0.25) is 0 Å². The van der Waals surface area contributed by atoms with Gasteiger partial charge in [0.15, 0.2) is 0 Å². The molecule has 0 rings (SSSR count). The van der Waals surface area contributed by atoms with E-state index >= 15 is 0 Å². The van der Waals surface area contributed by atoms with Gasteiger partial charge in [-0.15, -0.1) is 0 Å². The maximum atomic E-state index is 10.9. The molecule has 0 bridgehead atoms. The van der Waals surface area contributed by atoms with Gasteiger partial charge in [-0.05, 0) is 0 Å². The van der Waals surface area contributed by atoms with Gasteiger partial charge in [-0.2, -0.15) is 17.0 Å². The van der Waals surface area contributed by atoms with E-state index in [-0.39, 0.29) is 5.41 Å². The van der Waals surface area contributed by atoms with Crippen molar-refractivity contribution < 1.29 is 9.63 Å². The second-order valence-electron chi connectivity index (χ2n) is 4.38. The number of nitrogens with zero attached hydrogens (tertiary/aromatic N) is 2. The zero-order valence-electron chi connectivity index (χ0n) is 10.7. The van der Waals surface area contributed by atoms with Gasteiger partial charge in [-0.25, -0.2) is 4.79 Å². The van der Waals surface area contributed by atoms with Crippen LogP contribution in [0.25, 0.3) is 0 Å². The summed E-state index contributed by atoms with van der Waals surface area (Å²) in [6.07, 6.45) is -0.0629. The van der Waals surface area contributed by atoms with Crippen molar-refractivity contribution in [2.24, 2.45) is 10.6 Å². The minimum atomic E-state index is -0.575. The molecule has 0 heterocycles. The first-order valence-corrected chi connectivity index (χ1v) is 6.48. The van der Waals surface area contributed by atoms with Crippen LogP contribution in [-0.4, -0.2) is 30.4 Å². The molecule has 0 spiro atoms. The first kappa shape index (κ1) is 15.8. The van der Waals surface area contributed by atoms with Crippen LogP contribution < -0.4 is 5.32 Å². The second-order valence-corrected chi connectivity index (χ2v) is 5.48. The van der Waals surface area contributed by atoms with E-state index < -0.39 is 6.09 Å². The number of carbonyl (C=O) groups is 1. The standard InChI is InChI=1S/C11H19N3O2S/c1-11(2,3)9(8-17-7-5-6-12)14-16-10(15)13-4/h5,7-8H2,1-4H3,(H,13,15). The zero-order chi connectivity index (χ0) is 13.3. The minimum Gasteiger partial charge on any atom is -0.323 e. The fourth-order valence-electron chi connectivity index (χ4n) is 0.809. The van der Waals surface area contributed by atoms with Gasteiger partial charge >= 0.3 is 6.09 Å². The third-order valence-electron chi connectivity index (χ3n) is 1.91. The van der Waals surface area contributed by atoms with Crippen LogP contribution in [0.5, 0.6) is 0 Å². The van der Waals surface area contributed by atoms with Gasteiger partial charge < -0.3 is 5.32 Å². The Kier molecular flexibility index (Phi) is 7.39. The van der Waals surface area contributed by atoms with Crippen molar-refractivity contribution in [2.45, 2.75) is 27.2 Å². The van der Waals surface area contributed by atoms with Gasteiger partial charge in [0.25, 0.3) is 0 Å². The number of nitrogens with one attached hydrogen (secondary N) is 1. The number of rotatable bonds is 5. The molecule has 1 N–H and O–H groups in total. The molecule has 17 heavy (non-hydrogen) atoms. The number of hydrogen-bond donors (Lipinski definition) is 1. The second kappa shape index (κ2) is 7.96. The van der Waals surface area contributed by atoms with E-state index in [0.717, 1.165) is 11.5 Å². The molecular weight excluding hydrogens is 238 g/mol. The fraction of sp³-hybridized carbons (Fsp3) is 0.727. The van der Waals surface area contributed by atoms with E-state index in [1.807, 2.05) is 20.8 Å². The number of oxime groups is 1. The summed E-state index contributed by atoms with van der Waals surface area (Å²) >= 11 is 1.61. The predicted molar refractivity (Wildman–Crippen MR) is 70.0 cm³/mol. The Bertz CT molecular complexity index is 316. The molecule has 1 amide bonds. The lowest BCUT2D eigenvalue weighted by atomic mass is 9.91. The van der Waals surface area contributed by atoms with Gasteiger partial charge in [0.2, 0.25) is 0 Å². The summed E-state index contributed by atoms with van der Waals surface area (Å²) in [7, 11) is 1.48. The normalized spacial score (nSPS) is 11.8. The maximum absolute atomic E-state index is 10.9. The van der Waals surface area contributed by atoms with Crippen molar-refractivity contribution in [3.8, 4) is 6.07 Å². The van der Waals surface area contributed by atoms with Crippen LogP contribution in [0.3, 0.4) is 0 Å². The lowest BCUT2D eigenvalue weighted by Crippen LogP contribution is -2.25. The Hall–Kier alpha value is -1.22. The van der Waals surface area contributed by atoms with E-state index in [2.05, 4.69) is 16.5 Å². The molecular formula is C11H19N3O2S. The summed E-state index contributed by atoms with van der Waals surface area (Å²) in [5.74, 6) is 1.41. The molecule has 96 valence electrons. The molecule has 0 aliphatic carbocycles. The molecule has 0 aliphatic heterocycles. The van der Waals surface area contributed by atoms with Crippen molar-refractivity contribution in [1.29, 1.82) is 5.26 Å². The van der Waals surface area contributed by atoms with E-state index in [4.69, 9.17) is 10.1 Å². The minimum absolute atomic E-state index is 0.159. The van der Waals surface area contributed by atoms with Crippen LogP contribution in [0.15, 0.2) is 5.16 Å². The lowest BCUT2D eigenvalue weighted by molar-refractivity contribution is 0.152. The van der Waals surface area contributed by atoms with Crippen LogP contribution in [0.4, 0.5) is 4.79 Å². The number of carbonyl (C=O) groups excluding carboxylic acids is 1. The highest BCUT2D eigenvalue weighted by Crippen LogP contribution is 2.20. The molecule has 0 radical (unpaired) electrons. The van der Waals surface area contributed by atoms with Gasteiger partial charge in [0.05, 0.1) is 11.8 Å². The number of amides is 1. The topological polar surface area (TPSA) is 74.5 Å². The van der Waals surface area contributed by atoms with Crippen molar-refractivity contribution in [3.05, 3.63) is 0 Å². The smallest absolute Gasteiger partial charge is 0.323 e. The molecule has 6 heteroatoms. The van der Waals surface area contributed by atoms with Gasteiger partial charge in [-0.3, -0.25) is 4.84 Å². The molecule has 0 aromatic heterocycles. The molecule has 0 fully saturated rings. The molecule has 0 saturated carbocycles. The average Bonchev–Trinajstić information content (AvgIpc) is 2.25. The SMILES string of the molecule is CNC(=O)ON=C(CSCCC#N)C(C)(C)C. The number of hydrogen-bond acceptors (Lipinski definition) is 5. The Morgan fingerprint density at radius 1 is 1.53 bits per heavy atom. The highest BCUT2D eigenvalue weighted by Gasteiger charge is 2.20. The Balaban J connectivity index is 4.35. The van der Waals surface area contributed by atoms with Crippen molar-refractivity contribution in [2.75, 3.05) is 18.6 Å². The summed E-state index contributed by atoms with van der Waals surface area (Å²) in [5.41, 5.74) is 0.636. The predicted octanol–water partition coefficient (Wildman–Crippen LogP) is 2.39. The first-order chi connectivity index (χ1) is 7.91. The van der Waals surface area contributed by atoms with Crippen LogP contribution in [0, 0.1) is 16.7 Å². The summed E-state index contributed by atoms with van der Waals surface area (Å²) in [6.45, 7) is 6.01. The monoisotopic (exact) mass is 257 g/mol. The Morgan fingerprint density at radius 3 is 2.65 bits per heavy atom. The summed E-state index contributed by atoms with van der Waals surface area (Å²) in [6, 6.07) is 2.08. The fourth-order valence-corrected chi connectivity index (χ4v) is 1.87. The van der Waals surface area contributed by atoms with Gasteiger partial charge in [0.1, 0.15) is 0 Å². The molecule has 0 aromatic carbocycles. The van der Waals surface area contributed by atoms with Crippen molar-refractivity contribution in [1.82, 2.24) is 5.32 Å². The molecule has 0 atom stereocenters. The molecule has 5 nitrogen and oxygen atoms in total. The maximum Gasteiger partial charge on any atom is 0.433 e. The molecule has 0 aliphatic rings. The number of nitriles is 1. The van der Waals surface area contributed by atoms with Crippen molar-refractivity contribution in [3.63, 3.8) is 0 Å². The van der Waals surface area contributed by atoms with Crippen LogP contribution in [0.1, 0.15) is 27.2 Å². The Morgan fingerprint density at radius 2 is 2.18 bits per heavy atom. The third kappa shape index (κ3) is 7.64. The zero-order valence-corrected chi connectivity index (χ0v) is 11.6. The summed E-state index contributed by atoms with van der Waals surface area (Å²) < 4.78 is 0. The Labute approximate surface area is 107 Å². The van der Waals surface area contributed by atoms with E-state index in [1.54, 1.807) is 11.8 Å². The molecule has 0 saturated heterocycles. The highest BCUT2D eigenvalue weighted by molar-refractivity contribution is 7.99. The largest absolute Gasteiger partial charge is 0.433 e. The first-order valence-electron chi connectivity index (χ1n) is 5.32. The molecule has 0 unspecified atom stereocenters. The van der Waals surface area contributed by atoms with E-state index in [1.165, 1.54) is 7.05 Å². The highest BCUT2D eigenvalue weighted by atomic mass is 32.2. The van der Waals surface area contributed by atoms with E-state index in [0.29, 0.717) is 12.2 Å². The lowest BCUT2D eigenvalue weighted by Gasteiger charge is -2.20. The summed E-state index contributed by atoms with van der Waals surface area (Å²) in [4.78, 5) is 15.6. The van der Waals surface area contributed by atoms with Gasteiger partial charge in [-0.1, -0.05) is 25.9 Å². The quantitative estimate of drug-likeness (QED) is 0.355. The summed E-state index contributed by atoms with van der Waals surface area (Å²) in [5, 5.41) is 14.6. The van der Waals surface area contributed by atoms with E-state index in [9.17, 15) is 4.79 Å². The third-order valence-corrected chi connectivity index (χ3v) is 2.88. The average molecular weight is 257 g/mol. The molecule has 0 aromatic rings. The number of thioether (sulfide) groups is 1. The van der Waals surface area contributed by atoms with Gasteiger partial charge in [0, 0.05) is 30.4 Å². The van der Waals surface area contributed by atoms with Crippen LogP contribution >= 0.6 is 11.8 Å². The van der Waals surface area contributed by atoms with Crippen LogP contribution in [-0.2, 0) is 4.84 Å². The van der Waals surface area contributed by atoms with Crippen molar-refractivity contribution >= 4 is 23.6 Å².